The molecular formula is C22H18BrNO5S. The lowest BCUT2D eigenvalue weighted by Crippen LogP contribution is -2.27. The average Bonchev–Trinajstić information content (AvgIpc) is 3.21. The zero-order valence-electron chi connectivity index (χ0n) is 16.0. The van der Waals surface area contributed by atoms with Crippen LogP contribution in [0.4, 0.5) is 5.69 Å². The molecule has 0 radical (unpaired) electrons. The van der Waals surface area contributed by atoms with Crippen LogP contribution < -0.4 is 4.90 Å². The molecule has 3 aromatic rings. The average molecular weight is 488 g/mol. The number of benzene rings is 2. The number of nitrogens with zero attached hydrogens (tertiary/aromatic N) is 1. The number of amides is 1. The van der Waals surface area contributed by atoms with Crippen molar-refractivity contribution in [1.82, 2.24) is 0 Å². The van der Waals surface area contributed by atoms with Gasteiger partial charge in [-0.25, -0.2) is 9.59 Å². The highest BCUT2D eigenvalue weighted by atomic mass is 79.9. The number of carboxylic acid groups (broad SMARTS) is 1. The van der Waals surface area contributed by atoms with Crippen LogP contribution in [-0.4, -0.2) is 29.6 Å². The van der Waals surface area contributed by atoms with E-state index in [9.17, 15) is 14.4 Å². The van der Waals surface area contributed by atoms with E-state index < -0.39 is 18.5 Å². The van der Waals surface area contributed by atoms with Crippen LogP contribution in [0.3, 0.4) is 0 Å². The molecule has 0 unspecified atom stereocenters. The number of ether oxygens (including phenoxy) is 1. The van der Waals surface area contributed by atoms with Crippen molar-refractivity contribution in [1.29, 1.82) is 0 Å². The first-order valence-electron chi connectivity index (χ1n) is 8.95. The van der Waals surface area contributed by atoms with Crippen molar-refractivity contribution < 1.29 is 24.2 Å². The molecule has 0 fully saturated rings. The van der Waals surface area contributed by atoms with Crippen molar-refractivity contribution in [2.75, 3.05) is 11.5 Å². The fourth-order valence-electron chi connectivity index (χ4n) is 2.81. The van der Waals surface area contributed by atoms with Crippen LogP contribution in [0.25, 0.3) is 10.4 Å². The third kappa shape index (κ3) is 5.55. The summed E-state index contributed by atoms with van der Waals surface area (Å²) in [6.07, 6.45) is 0. The highest BCUT2D eigenvalue weighted by molar-refractivity contribution is 9.10. The van der Waals surface area contributed by atoms with E-state index in [0.717, 1.165) is 26.2 Å². The van der Waals surface area contributed by atoms with Crippen molar-refractivity contribution in [3.8, 4) is 10.4 Å². The van der Waals surface area contributed by atoms with Crippen LogP contribution in [0, 0.1) is 0 Å². The number of carboxylic acids is 1. The third-order valence-corrected chi connectivity index (χ3v) is 5.85. The molecule has 0 spiro atoms. The lowest BCUT2D eigenvalue weighted by molar-refractivity contribution is -0.140. The van der Waals surface area contributed by atoms with Gasteiger partial charge >= 0.3 is 11.9 Å². The number of hydrogen-bond donors (Lipinski definition) is 1. The summed E-state index contributed by atoms with van der Waals surface area (Å²) >= 11 is 4.62. The fourth-order valence-corrected chi connectivity index (χ4v) is 3.97. The highest BCUT2D eigenvalue weighted by Gasteiger charge is 2.15. The summed E-state index contributed by atoms with van der Waals surface area (Å²) in [4.78, 5) is 37.6. The van der Waals surface area contributed by atoms with E-state index >= 15 is 0 Å². The van der Waals surface area contributed by atoms with Crippen LogP contribution in [0.2, 0.25) is 0 Å². The van der Waals surface area contributed by atoms with Crippen LogP contribution in [-0.2, 0) is 20.9 Å². The number of carbonyl (C=O) groups excluding carboxylic acids is 2. The second kappa shape index (κ2) is 9.69. The molecule has 0 aliphatic rings. The monoisotopic (exact) mass is 487 g/mol. The minimum absolute atomic E-state index is 0.0673. The molecule has 8 heteroatoms. The Morgan fingerprint density at radius 1 is 1.07 bits per heavy atom. The van der Waals surface area contributed by atoms with E-state index in [0.29, 0.717) is 11.4 Å². The summed E-state index contributed by atoms with van der Waals surface area (Å²) in [7, 11) is 0. The van der Waals surface area contributed by atoms with Gasteiger partial charge in [0.15, 0.2) is 6.61 Å². The summed E-state index contributed by atoms with van der Waals surface area (Å²) in [6, 6.07) is 18.6. The predicted octanol–water partition coefficient (Wildman–Crippen LogP) is 4.97. The summed E-state index contributed by atoms with van der Waals surface area (Å²) in [5.41, 5.74) is 2.64. The largest absolute Gasteiger partial charge is 0.479 e. The molecular weight excluding hydrogens is 470 g/mol. The molecule has 6 nitrogen and oxygen atoms in total. The molecule has 0 saturated heterocycles. The number of aliphatic carboxylic acids is 1. The van der Waals surface area contributed by atoms with Crippen molar-refractivity contribution >= 4 is 50.8 Å². The standard InChI is InChI=1S/C22H18BrNO5S/c1-14(25)24(18-7-5-17(23)6-8-18)12-15-3-2-4-16(11-15)19-9-10-20(30-19)22(28)29-13-21(26)27/h2-11H,12-13H2,1H3,(H,26,27). The minimum Gasteiger partial charge on any atom is -0.479 e. The summed E-state index contributed by atoms with van der Waals surface area (Å²) < 4.78 is 5.66. The Hall–Kier alpha value is -2.97. The maximum Gasteiger partial charge on any atom is 0.348 e. The van der Waals surface area contributed by atoms with Gasteiger partial charge in [-0.05, 0) is 53.6 Å². The van der Waals surface area contributed by atoms with Crippen LogP contribution in [0.15, 0.2) is 65.1 Å². The Balaban J connectivity index is 1.79. The number of thiophene rings is 1. The van der Waals surface area contributed by atoms with Gasteiger partial charge in [-0.3, -0.25) is 4.79 Å². The normalized spacial score (nSPS) is 10.5. The smallest absolute Gasteiger partial charge is 0.348 e. The highest BCUT2D eigenvalue weighted by Crippen LogP contribution is 2.30. The minimum atomic E-state index is -1.20. The number of rotatable bonds is 7. The Morgan fingerprint density at radius 2 is 1.80 bits per heavy atom. The van der Waals surface area contributed by atoms with Crippen LogP contribution >= 0.6 is 27.3 Å². The van der Waals surface area contributed by atoms with Gasteiger partial charge in [-0.15, -0.1) is 11.3 Å². The molecule has 1 N–H and O–H groups in total. The molecule has 1 aromatic heterocycles. The quantitative estimate of drug-likeness (QED) is 0.475. The first-order valence-corrected chi connectivity index (χ1v) is 10.6. The van der Waals surface area contributed by atoms with Gasteiger partial charge in [0.2, 0.25) is 5.91 Å². The van der Waals surface area contributed by atoms with Crippen LogP contribution in [0.1, 0.15) is 22.2 Å². The second-order valence-electron chi connectivity index (χ2n) is 6.42. The molecule has 0 atom stereocenters. The van der Waals surface area contributed by atoms with Crippen molar-refractivity contribution in [2.24, 2.45) is 0 Å². The Bertz CT molecular complexity index is 1080. The van der Waals surface area contributed by atoms with E-state index in [1.54, 1.807) is 17.0 Å². The van der Waals surface area contributed by atoms with Crippen LogP contribution in [0.5, 0.6) is 0 Å². The SMILES string of the molecule is CC(=O)N(Cc1cccc(-c2ccc(C(=O)OCC(=O)O)s2)c1)c1ccc(Br)cc1. The van der Waals surface area contributed by atoms with Gasteiger partial charge < -0.3 is 14.7 Å². The van der Waals surface area contributed by atoms with Gasteiger partial charge in [0, 0.05) is 22.0 Å². The Kier molecular flexibility index (Phi) is 7.02. The zero-order valence-corrected chi connectivity index (χ0v) is 18.4. The van der Waals surface area contributed by atoms with E-state index in [1.165, 1.54) is 18.3 Å². The van der Waals surface area contributed by atoms with Crippen molar-refractivity contribution in [3.63, 3.8) is 0 Å². The lowest BCUT2D eigenvalue weighted by atomic mass is 10.1. The number of esters is 1. The Labute approximate surface area is 185 Å². The molecule has 1 amide bonds. The molecule has 0 bridgehead atoms. The predicted molar refractivity (Wildman–Crippen MR) is 119 cm³/mol. The van der Waals surface area contributed by atoms with Gasteiger partial charge in [0.1, 0.15) is 4.88 Å². The molecule has 1 heterocycles. The topological polar surface area (TPSA) is 83.9 Å². The van der Waals surface area contributed by atoms with Crippen molar-refractivity contribution in [3.05, 3.63) is 75.6 Å². The molecule has 154 valence electrons. The van der Waals surface area contributed by atoms with Gasteiger partial charge in [0.05, 0.1) is 6.54 Å². The molecule has 3 rings (SSSR count). The molecule has 0 aliphatic heterocycles. The first kappa shape index (κ1) is 21.7. The van der Waals surface area contributed by atoms with Gasteiger partial charge in [0.25, 0.3) is 0 Å². The maximum absolute atomic E-state index is 12.2. The number of carbonyl (C=O) groups is 3. The van der Waals surface area contributed by atoms with Crippen molar-refractivity contribution in [2.45, 2.75) is 13.5 Å². The third-order valence-electron chi connectivity index (χ3n) is 4.20. The van der Waals surface area contributed by atoms with Gasteiger partial charge in [-0.1, -0.05) is 34.1 Å². The summed E-state index contributed by atoms with van der Waals surface area (Å²) in [5.74, 6) is -1.93. The second-order valence-corrected chi connectivity index (χ2v) is 8.42. The van der Waals surface area contributed by atoms with Gasteiger partial charge in [-0.2, -0.15) is 0 Å². The maximum atomic E-state index is 12.2. The molecule has 0 saturated carbocycles. The number of hydrogen-bond acceptors (Lipinski definition) is 5. The zero-order chi connectivity index (χ0) is 21.7. The molecule has 2 aromatic carbocycles. The number of anilines is 1. The van der Waals surface area contributed by atoms with E-state index in [1.807, 2.05) is 48.5 Å². The number of halogens is 1. The lowest BCUT2D eigenvalue weighted by Gasteiger charge is -2.21. The first-order chi connectivity index (χ1) is 14.3. The summed E-state index contributed by atoms with van der Waals surface area (Å²) in [6.45, 7) is 1.27. The Morgan fingerprint density at radius 3 is 2.47 bits per heavy atom. The fraction of sp³-hybridized carbons (Fsp3) is 0.136. The van der Waals surface area contributed by atoms with E-state index in [2.05, 4.69) is 15.9 Å². The molecule has 30 heavy (non-hydrogen) atoms. The van der Waals surface area contributed by atoms with E-state index in [-0.39, 0.29) is 5.91 Å². The summed E-state index contributed by atoms with van der Waals surface area (Å²) in [5, 5.41) is 8.63. The van der Waals surface area contributed by atoms with E-state index in [4.69, 9.17) is 9.84 Å². The molecule has 0 aliphatic carbocycles.